The lowest BCUT2D eigenvalue weighted by Gasteiger charge is -2.31. The zero-order chi connectivity index (χ0) is 22.1. The fraction of sp³-hybridized carbons (Fsp3) is 0.391. The number of carbonyl (C=O) groups is 2. The van der Waals surface area contributed by atoms with Crippen LogP contribution in [0.3, 0.4) is 0 Å². The van der Waals surface area contributed by atoms with Crippen molar-refractivity contribution >= 4 is 23.4 Å². The van der Waals surface area contributed by atoms with Crippen LogP contribution >= 0.6 is 11.6 Å². The lowest BCUT2D eigenvalue weighted by Crippen LogP contribution is -2.51. The van der Waals surface area contributed by atoms with Crippen molar-refractivity contribution < 1.29 is 18.7 Å². The van der Waals surface area contributed by atoms with Crippen molar-refractivity contribution in [1.29, 1.82) is 0 Å². The van der Waals surface area contributed by atoms with Gasteiger partial charge in [0.2, 0.25) is 5.91 Å². The minimum atomic E-state index is -0.667. The summed E-state index contributed by atoms with van der Waals surface area (Å²) < 4.78 is 18.6. The largest absolute Gasteiger partial charge is 0.484 e. The smallest absolute Gasteiger partial charge is 0.261 e. The summed E-state index contributed by atoms with van der Waals surface area (Å²) in [4.78, 5) is 27.4. The van der Waals surface area contributed by atoms with Crippen molar-refractivity contribution in [2.75, 3.05) is 6.61 Å². The monoisotopic (exact) mass is 434 g/mol. The molecule has 0 radical (unpaired) electrons. The second-order valence-electron chi connectivity index (χ2n) is 7.10. The summed E-state index contributed by atoms with van der Waals surface area (Å²) in [5.41, 5.74) is 0.740. The molecule has 30 heavy (non-hydrogen) atoms. The van der Waals surface area contributed by atoms with Crippen LogP contribution in [0.5, 0.6) is 5.75 Å². The van der Waals surface area contributed by atoms with Crippen molar-refractivity contribution in [2.24, 2.45) is 0 Å². The number of nitrogens with one attached hydrogen (secondary N) is 1. The van der Waals surface area contributed by atoms with Gasteiger partial charge in [0.05, 0.1) is 0 Å². The van der Waals surface area contributed by atoms with Crippen LogP contribution < -0.4 is 10.1 Å². The summed E-state index contributed by atoms with van der Waals surface area (Å²) in [6, 6.07) is 12.0. The predicted molar refractivity (Wildman–Crippen MR) is 116 cm³/mol. The Morgan fingerprint density at radius 1 is 1.10 bits per heavy atom. The van der Waals surface area contributed by atoms with Crippen molar-refractivity contribution in [3.05, 3.63) is 64.9 Å². The molecule has 2 aromatic rings. The van der Waals surface area contributed by atoms with Gasteiger partial charge >= 0.3 is 0 Å². The van der Waals surface area contributed by atoms with Gasteiger partial charge in [-0.1, -0.05) is 43.6 Å². The molecule has 2 unspecified atom stereocenters. The molecule has 0 fully saturated rings. The van der Waals surface area contributed by atoms with E-state index in [0.29, 0.717) is 17.2 Å². The number of amides is 2. The van der Waals surface area contributed by atoms with E-state index in [-0.39, 0.29) is 36.8 Å². The molecule has 0 bridgehead atoms. The second kappa shape index (κ2) is 11.6. The van der Waals surface area contributed by atoms with Crippen LogP contribution in [0.1, 0.15) is 39.2 Å². The van der Waals surface area contributed by atoms with E-state index in [1.165, 1.54) is 29.2 Å². The Labute approximate surface area is 182 Å². The number of hydrogen-bond acceptors (Lipinski definition) is 3. The van der Waals surface area contributed by atoms with E-state index < -0.39 is 6.04 Å². The van der Waals surface area contributed by atoms with Gasteiger partial charge in [-0.2, -0.15) is 0 Å². The first-order valence-electron chi connectivity index (χ1n) is 10.1. The zero-order valence-corrected chi connectivity index (χ0v) is 18.3. The van der Waals surface area contributed by atoms with Crippen LogP contribution in [0.25, 0.3) is 0 Å². The molecular formula is C23H28ClFN2O3. The first-order valence-corrected chi connectivity index (χ1v) is 10.4. The first kappa shape index (κ1) is 23.7. The summed E-state index contributed by atoms with van der Waals surface area (Å²) in [7, 11) is 0. The molecule has 0 aliphatic rings. The number of carbonyl (C=O) groups excluding carboxylic acids is 2. The van der Waals surface area contributed by atoms with Gasteiger partial charge in [0.15, 0.2) is 6.61 Å². The quantitative estimate of drug-likeness (QED) is 0.595. The number of rotatable bonds is 10. The van der Waals surface area contributed by atoms with Gasteiger partial charge in [-0.25, -0.2) is 4.39 Å². The van der Waals surface area contributed by atoms with Crippen molar-refractivity contribution in [2.45, 2.75) is 52.2 Å². The predicted octanol–water partition coefficient (Wildman–Crippen LogP) is 4.58. The maximum absolute atomic E-state index is 13.1. The third-order valence-corrected chi connectivity index (χ3v) is 5.23. The maximum atomic E-state index is 13.1. The van der Waals surface area contributed by atoms with E-state index in [9.17, 15) is 14.0 Å². The molecule has 0 spiro atoms. The van der Waals surface area contributed by atoms with Gasteiger partial charge in [-0.15, -0.1) is 0 Å². The molecule has 7 heteroatoms. The molecule has 5 nitrogen and oxygen atoms in total. The summed E-state index contributed by atoms with van der Waals surface area (Å²) in [5, 5.41) is 3.47. The van der Waals surface area contributed by atoms with Gasteiger partial charge in [-0.05, 0) is 55.7 Å². The molecule has 162 valence electrons. The molecule has 2 atom stereocenters. The highest BCUT2D eigenvalue weighted by Crippen LogP contribution is 2.20. The van der Waals surface area contributed by atoms with E-state index in [0.717, 1.165) is 12.0 Å². The van der Waals surface area contributed by atoms with Crippen molar-refractivity contribution in [1.82, 2.24) is 10.2 Å². The molecule has 2 rings (SSSR count). The Morgan fingerprint density at radius 3 is 2.37 bits per heavy atom. The van der Waals surface area contributed by atoms with Crippen LogP contribution in [0, 0.1) is 5.82 Å². The minimum absolute atomic E-state index is 0.000666. The van der Waals surface area contributed by atoms with Gasteiger partial charge in [0.25, 0.3) is 5.91 Å². The zero-order valence-electron chi connectivity index (χ0n) is 17.5. The Kier molecular flexibility index (Phi) is 9.12. The Bertz CT molecular complexity index is 845. The number of ether oxygens (including phenoxy) is 1. The number of hydrogen-bond donors (Lipinski definition) is 1. The second-order valence-corrected chi connectivity index (χ2v) is 7.50. The summed E-state index contributed by atoms with van der Waals surface area (Å²) in [6.07, 6.45) is 1.23. The molecule has 0 saturated heterocycles. The van der Waals surface area contributed by atoms with Crippen molar-refractivity contribution in [3.8, 4) is 5.75 Å². The SMILES string of the molecule is CCC(C)NC(=O)C(CC)N(Cc1ccccc1Cl)C(=O)COc1ccc(F)cc1. The minimum Gasteiger partial charge on any atom is -0.484 e. The number of benzene rings is 2. The van der Waals surface area contributed by atoms with Crippen LogP contribution in [0.2, 0.25) is 5.02 Å². The number of nitrogens with zero attached hydrogens (tertiary/aromatic N) is 1. The van der Waals surface area contributed by atoms with Gasteiger partial charge < -0.3 is 15.0 Å². The molecule has 0 aromatic heterocycles. The first-order chi connectivity index (χ1) is 14.3. The maximum Gasteiger partial charge on any atom is 0.261 e. The van der Waals surface area contributed by atoms with Crippen molar-refractivity contribution in [3.63, 3.8) is 0 Å². The van der Waals surface area contributed by atoms with Gasteiger partial charge in [0.1, 0.15) is 17.6 Å². The van der Waals surface area contributed by atoms with E-state index in [4.69, 9.17) is 16.3 Å². The lowest BCUT2D eigenvalue weighted by atomic mass is 10.1. The Balaban J connectivity index is 2.21. The third-order valence-electron chi connectivity index (χ3n) is 4.86. The lowest BCUT2D eigenvalue weighted by molar-refractivity contribution is -0.143. The average Bonchev–Trinajstić information content (AvgIpc) is 2.74. The molecule has 2 amide bonds. The molecule has 0 heterocycles. The highest BCUT2D eigenvalue weighted by Gasteiger charge is 2.30. The van der Waals surface area contributed by atoms with Crippen LogP contribution in [0.4, 0.5) is 4.39 Å². The fourth-order valence-electron chi connectivity index (χ4n) is 2.93. The average molecular weight is 435 g/mol. The molecular weight excluding hydrogens is 407 g/mol. The fourth-order valence-corrected chi connectivity index (χ4v) is 3.13. The van der Waals surface area contributed by atoms with Crippen LogP contribution in [0.15, 0.2) is 48.5 Å². The van der Waals surface area contributed by atoms with Crippen LogP contribution in [-0.2, 0) is 16.1 Å². The molecule has 1 N–H and O–H groups in total. The molecule has 2 aromatic carbocycles. The van der Waals surface area contributed by atoms with E-state index in [1.54, 1.807) is 6.07 Å². The van der Waals surface area contributed by atoms with E-state index >= 15 is 0 Å². The summed E-state index contributed by atoms with van der Waals surface area (Å²) in [5.74, 6) is -0.583. The van der Waals surface area contributed by atoms with Crippen LogP contribution in [-0.4, -0.2) is 35.4 Å². The van der Waals surface area contributed by atoms with E-state index in [2.05, 4.69) is 5.32 Å². The standard InChI is InChI=1S/C23H28ClFN2O3/c1-4-16(3)26-23(29)21(5-2)27(14-17-8-6-7-9-20(17)24)22(28)15-30-19-12-10-18(25)11-13-19/h6-13,16,21H,4-5,14-15H2,1-3H3,(H,26,29). The third kappa shape index (κ3) is 6.73. The Morgan fingerprint density at radius 2 is 1.77 bits per heavy atom. The van der Waals surface area contributed by atoms with Gasteiger partial charge in [0, 0.05) is 17.6 Å². The molecule has 0 saturated carbocycles. The highest BCUT2D eigenvalue weighted by atomic mass is 35.5. The van der Waals surface area contributed by atoms with Gasteiger partial charge in [-0.3, -0.25) is 9.59 Å². The summed E-state index contributed by atoms with van der Waals surface area (Å²) in [6.45, 7) is 5.66. The van der Waals surface area contributed by atoms with E-state index in [1.807, 2.05) is 39.0 Å². The Hall–Kier alpha value is -2.60. The normalized spacial score (nSPS) is 12.7. The topological polar surface area (TPSA) is 58.6 Å². The number of halogens is 2. The summed E-state index contributed by atoms with van der Waals surface area (Å²) >= 11 is 6.29. The highest BCUT2D eigenvalue weighted by molar-refractivity contribution is 6.31. The molecule has 0 aliphatic heterocycles. The molecule has 0 aliphatic carbocycles.